The highest BCUT2D eigenvalue weighted by Crippen LogP contribution is 2.37. The highest BCUT2D eigenvalue weighted by molar-refractivity contribution is 9.10. The maximum Gasteiger partial charge on any atom is 0.286 e. The molecule has 1 aromatic rings. The molecule has 0 aliphatic heterocycles. The van der Waals surface area contributed by atoms with Gasteiger partial charge in [-0.1, -0.05) is 19.8 Å². The van der Waals surface area contributed by atoms with E-state index in [1.54, 1.807) is 12.3 Å². The number of hydrazine groups is 1. The zero-order chi connectivity index (χ0) is 13.2. The molecule has 0 unspecified atom stereocenters. The van der Waals surface area contributed by atoms with E-state index in [0.29, 0.717) is 5.69 Å². The molecule has 1 fully saturated rings. The minimum atomic E-state index is -0.351. The van der Waals surface area contributed by atoms with E-state index < -0.39 is 0 Å². The van der Waals surface area contributed by atoms with Gasteiger partial charge in [0.05, 0.1) is 0 Å². The number of amides is 2. The van der Waals surface area contributed by atoms with Gasteiger partial charge in [0.15, 0.2) is 0 Å². The second kappa shape index (κ2) is 5.14. The summed E-state index contributed by atoms with van der Waals surface area (Å²) in [6.45, 7) is 1.94. The van der Waals surface area contributed by atoms with Gasteiger partial charge in [-0.05, 0) is 34.8 Å². The number of halogens is 1. The highest BCUT2D eigenvalue weighted by atomic mass is 79.9. The average Bonchev–Trinajstić information content (AvgIpc) is 2.95. The third-order valence-electron chi connectivity index (χ3n) is 3.44. The molecule has 0 spiro atoms. The topological polar surface area (TPSA) is 74.0 Å². The normalized spacial score (nSPS) is 17.4. The second-order valence-electron chi connectivity index (χ2n) is 4.91. The molecule has 3 N–H and O–H groups in total. The summed E-state index contributed by atoms with van der Waals surface area (Å²) >= 11 is 3.24. The van der Waals surface area contributed by atoms with Crippen molar-refractivity contribution in [1.29, 1.82) is 0 Å². The molecule has 1 aromatic heterocycles. The first kappa shape index (κ1) is 13.1. The zero-order valence-corrected chi connectivity index (χ0v) is 11.8. The Hall–Kier alpha value is -1.30. The van der Waals surface area contributed by atoms with E-state index in [1.807, 2.05) is 6.92 Å². The lowest BCUT2D eigenvalue weighted by Gasteiger charge is -2.22. The Morgan fingerprint density at radius 3 is 2.56 bits per heavy atom. The van der Waals surface area contributed by atoms with Crippen molar-refractivity contribution in [3.63, 3.8) is 0 Å². The van der Waals surface area contributed by atoms with Crippen molar-refractivity contribution >= 4 is 27.7 Å². The molecule has 6 heteroatoms. The van der Waals surface area contributed by atoms with Crippen molar-refractivity contribution in [2.75, 3.05) is 0 Å². The number of hydrogen-bond acceptors (Lipinski definition) is 2. The predicted octanol–water partition coefficient (Wildman–Crippen LogP) is 2.12. The summed E-state index contributed by atoms with van der Waals surface area (Å²) in [7, 11) is 0. The van der Waals surface area contributed by atoms with Crippen LogP contribution < -0.4 is 10.9 Å². The van der Waals surface area contributed by atoms with Crippen molar-refractivity contribution < 1.29 is 9.59 Å². The molecule has 5 nitrogen and oxygen atoms in total. The fraction of sp³-hybridized carbons (Fsp3) is 0.500. The Labute approximate surface area is 114 Å². The van der Waals surface area contributed by atoms with Crippen molar-refractivity contribution in [1.82, 2.24) is 15.8 Å². The first-order chi connectivity index (χ1) is 8.51. The number of hydrogen-bond donors (Lipinski definition) is 3. The van der Waals surface area contributed by atoms with Crippen LogP contribution in [0.3, 0.4) is 0 Å². The van der Waals surface area contributed by atoms with Gasteiger partial charge < -0.3 is 4.98 Å². The summed E-state index contributed by atoms with van der Waals surface area (Å²) < 4.78 is 0.793. The van der Waals surface area contributed by atoms with Crippen LogP contribution in [0, 0.1) is 5.41 Å². The Bertz CT molecular complexity index is 464. The molecule has 1 heterocycles. The van der Waals surface area contributed by atoms with Crippen LogP contribution in [-0.2, 0) is 4.79 Å². The number of aromatic nitrogens is 1. The van der Waals surface area contributed by atoms with Crippen molar-refractivity contribution in [2.24, 2.45) is 5.41 Å². The third kappa shape index (κ3) is 2.75. The zero-order valence-electron chi connectivity index (χ0n) is 10.2. The number of nitrogens with one attached hydrogen (secondary N) is 3. The maximum absolute atomic E-state index is 12.0. The lowest BCUT2D eigenvalue weighted by Crippen LogP contribution is -2.47. The van der Waals surface area contributed by atoms with E-state index in [9.17, 15) is 9.59 Å². The van der Waals surface area contributed by atoms with Crippen LogP contribution in [-0.4, -0.2) is 16.8 Å². The number of aromatic amines is 1. The molecule has 0 radical (unpaired) electrons. The smallest absolute Gasteiger partial charge is 0.286 e. The van der Waals surface area contributed by atoms with E-state index in [1.165, 1.54) is 0 Å². The molecule has 0 aromatic carbocycles. The van der Waals surface area contributed by atoms with Crippen LogP contribution in [0.15, 0.2) is 16.7 Å². The van der Waals surface area contributed by atoms with Crippen molar-refractivity contribution in [3.8, 4) is 0 Å². The molecule has 18 heavy (non-hydrogen) atoms. The van der Waals surface area contributed by atoms with Gasteiger partial charge in [0.1, 0.15) is 5.69 Å². The second-order valence-corrected chi connectivity index (χ2v) is 5.82. The molecule has 0 bridgehead atoms. The minimum Gasteiger partial charge on any atom is -0.356 e. The van der Waals surface area contributed by atoms with E-state index in [4.69, 9.17) is 0 Å². The monoisotopic (exact) mass is 313 g/mol. The van der Waals surface area contributed by atoms with Gasteiger partial charge >= 0.3 is 0 Å². The molecular weight excluding hydrogens is 298 g/mol. The molecule has 98 valence electrons. The molecule has 2 rings (SSSR count). The SMILES string of the molecule is CC1(C(=O)NNC(=O)c2cc(Br)c[nH]2)CCCC1. The fourth-order valence-corrected chi connectivity index (χ4v) is 2.56. The first-order valence-electron chi connectivity index (χ1n) is 5.96. The van der Waals surface area contributed by atoms with Crippen molar-refractivity contribution in [2.45, 2.75) is 32.6 Å². The fourth-order valence-electron chi connectivity index (χ4n) is 2.21. The molecule has 1 saturated carbocycles. The highest BCUT2D eigenvalue weighted by Gasteiger charge is 2.36. The van der Waals surface area contributed by atoms with Gasteiger partial charge in [-0.2, -0.15) is 0 Å². The Kier molecular flexibility index (Phi) is 3.75. The summed E-state index contributed by atoms with van der Waals surface area (Å²) in [5.74, 6) is -0.463. The Balaban J connectivity index is 1.88. The molecule has 1 aliphatic carbocycles. The van der Waals surface area contributed by atoms with E-state index in [0.717, 1.165) is 30.2 Å². The van der Waals surface area contributed by atoms with E-state index in [-0.39, 0.29) is 17.2 Å². The summed E-state index contributed by atoms with van der Waals surface area (Å²) in [6.07, 6.45) is 5.56. The first-order valence-corrected chi connectivity index (χ1v) is 6.75. The average molecular weight is 314 g/mol. The summed E-state index contributed by atoms with van der Waals surface area (Å²) in [4.78, 5) is 26.5. The van der Waals surface area contributed by atoms with Crippen LogP contribution in [0.5, 0.6) is 0 Å². The van der Waals surface area contributed by atoms with Gasteiger partial charge in [0.25, 0.3) is 5.91 Å². The van der Waals surface area contributed by atoms with Gasteiger partial charge in [-0.3, -0.25) is 20.4 Å². The largest absolute Gasteiger partial charge is 0.356 e. The third-order valence-corrected chi connectivity index (χ3v) is 3.90. The van der Waals surface area contributed by atoms with Crippen LogP contribution in [0.1, 0.15) is 43.1 Å². The Morgan fingerprint density at radius 1 is 1.33 bits per heavy atom. The van der Waals surface area contributed by atoms with Crippen molar-refractivity contribution in [3.05, 3.63) is 22.4 Å². The maximum atomic E-state index is 12.0. The Morgan fingerprint density at radius 2 is 2.00 bits per heavy atom. The quantitative estimate of drug-likeness (QED) is 0.732. The lowest BCUT2D eigenvalue weighted by atomic mass is 9.88. The minimum absolute atomic E-state index is 0.112. The van der Waals surface area contributed by atoms with Crippen LogP contribution >= 0.6 is 15.9 Å². The molecule has 0 saturated heterocycles. The summed E-state index contributed by atoms with van der Waals surface area (Å²) in [6, 6.07) is 1.65. The summed E-state index contributed by atoms with van der Waals surface area (Å²) in [5, 5.41) is 0. The van der Waals surface area contributed by atoms with Crippen LogP contribution in [0.2, 0.25) is 0 Å². The van der Waals surface area contributed by atoms with Crippen LogP contribution in [0.25, 0.3) is 0 Å². The van der Waals surface area contributed by atoms with E-state index in [2.05, 4.69) is 31.8 Å². The van der Waals surface area contributed by atoms with Gasteiger partial charge in [-0.25, -0.2) is 0 Å². The van der Waals surface area contributed by atoms with E-state index >= 15 is 0 Å². The lowest BCUT2D eigenvalue weighted by molar-refractivity contribution is -0.130. The van der Waals surface area contributed by atoms with Gasteiger partial charge in [-0.15, -0.1) is 0 Å². The summed E-state index contributed by atoms with van der Waals surface area (Å²) in [5.41, 5.74) is 4.98. The van der Waals surface area contributed by atoms with Gasteiger partial charge in [0, 0.05) is 16.1 Å². The molecular formula is C12H16BrN3O2. The van der Waals surface area contributed by atoms with Gasteiger partial charge in [0.2, 0.25) is 5.91 Å². The number of carbonyl (C=O) groups is 2. The molecule has 2 amide bonds. The molecule has 1 aliphatic rings. The molecule has 0 atom stereocenters. The number of H-pyrrole nitrogens is 1. The standard InChI is InChI=1S/C12H16BrN3O2/c1-12(4-2-3-5-12)11(18)16-15-10(17)9-6-8(13)7-14-9/h6-7,14H,2-5H2,1H3,(H,15,17)(H,16,18). The van der Waals surface area contributed by atoms with Crippen LogP contribution in [0.4, 0.5) is 0 Å². The predicted molar refractivity (Wildman–Crippen MR) is 70.7 cm³/mol. The number of rotatable bonds is 2. The number of carbonyl (C=O) groups excluding carboxylic acids is 2.